The lowest BCUT2D eigenvalue weighted by molar-refractivity contribution is 0.378. The Morgan fingerprint density at radius 2 is 1.96 bits per heavy atom. The molecule has 124 valence electrons. The molecule has 2 rings (SSSR count). The summed E-state index contributed by atoms with van der Waals surface area (Å²) >= 11 is 5.87. The maximum atomic E-state index is 5.87. The van der Waals surface area contributed by atoms with E-state index in [1.54, 1.807) is 19.2 Å². The molecule has 0 aliphatic heterocycles. The van der Waals surface area contributed by atoms with Crippen LogP contribution in [-0.4, -0.2) is 35.2 Å². The molecule has 0 radical (unpaired) electrons. The van der Waals surface area contributed by atoms with E-state index < -0.39 is 0 Å². The quantitative estimate of drug-likeness (QED) is 0.663. The molecular weight excluding hydrogens is 314 g/mol. The van der Waals surface area contributed by atoms with Crippen molar-refractivity contribution in [1.82, 2.24) is 20.8 Å². The van der Waals surface area contributed by atoms with Crippen molar-refractivity contribution in [3.05, 3.63) is 35.2 Å². The third kappa shape index (κ3) is 5.56. The molecule has 0 saturated carbocycles. The second-order valence-corrected chi connectivity index (χ2v) is 6.58. The van der Waals surface area contributed by atoms with Crippen LogP contribution < -0.4 is 10.6 Å². The number of aliphatic imine (C=N–C) groups is 1. The van der Waals surface area contributed by atoms with E-state index in [0.717, 1.165) is 11.5 Å². The maximum Gasteiger partial charge on any atom is 0.228 e. The van der Waals surface area contributed by atoms with E-state index in [4.69, 9.17) is 16.1 Å². The summed E-state index contributed by atoms with van der Waals surface area (Å²) in [5.74, 6) is 1.89. The number of nitrogens with zero attached hydrogens (tertiary/aromatic N) is 3. The lowest BCUT2D eigenvalue weighted by Gasteiger charge is -2.23. The molecule has 0 atom stereocenters. The summed E-state index contributed by atoms with van der Waals surface area (Å²) in [6.45, 7) is 6.89. The highest BCUT2D eigenvalue weighted by Crippen LogP contribution is 2.18. The molecule has 0 bridgehead atoms. The topological polar surface area (TPSA) is 75.3 Å². The van der Waals surface area contributed by atoms with Crippen LogP contribution in [0.5, 0.6) is 0 Å². The first-order valence-corrected chi connectivity index (χ1v) is 7.82. The number of nitrogens with one attached hydrogen (secondary N) is 2. The van der Waals surface area contributed by atoms with Crippen molar-refractivity contribution >= 4 is 17.6 Å². The summed E-state index contributed by atoms with van der Waals surface area (Å²) < 4.78 is 5.27. The van der Waals surface area contributed by atoms with Crippen molar-refractivity contribution < 1.29 is 4.52 Å². The van der Waals surface area contributed by atoms with Crippen LogP contribution in [0.3, 0.4) is 0 Å². The van der Waals surface area contributed by atoms with Gasteiger partial charge in [0.15, 0.2) is 5.96 Å². The monoisotopic (exact) mass is 335 g/mol. The fourth-order valence-electron chi connectivity index (χ4n) is 1.89. The lowest BCUT2D eigenvalue weighted by atomic mass is 10.1. The number of guanidine groups is 1. The molecule has 7 heteroatoms. The first kappa shape index (κ1) is 17.3. The normalized spacial score (nSPS) is 12.3. The largest absolute Gasteiger partial charge is 0.356 e. The summed E-state index contributed by atoms with van der Waals surface area (Å²) in [7, 11) is 1.74. The second kappa shape index (κ2) is 7.46. The molecule has 23 heavy (non-hydrogen) atoms. The predicted octanol–water partition coefficient (Wildman–Crippen LogP) is 2.90. The molecule has 0 aliphatic carbocycles. The molecule has 6 nitrogen and oxygen atoms in total. The average molecular weight is 336 g/mol. The number of rotatable bonds is 4. The number of benzene rings is 1. The van der Waals surface area contributed by atoms with Gasteiger partial charge >= 0.3 is 0 Å². The second-order valence-electron chi connectivity index (χ2n) is 6.14. The Kier molecular flexibility index (Phi) is 5.60. The molecule has 2 N–H and O–H groups in total. The van der Waals surface area contributed by atoms with E-state index in [-0.39, 0.29) is 5.54 Å². The summed E-state index contributed by atoms with van der Waals surface area (Å²) in [6, 6.07) is 7.34. The van der Waals surface area contributed by atoms with Crippen molar-refractivity contribution in [3.8, 4) is 11.4 Å². The zero-order chi connectivity index (χ0) is 16.9. The maximum absolute atomic E-state index is 5.87. The van der Waals surface area contributed by atoms with Gasteiger partial charge in [0.1, 0.15) is 0 Å². The smallest absolute Gasteiger partial charge is 0.228 e. The van der Waals surface area contributed by atoms with Gasteiger partial charge in [0.25, 0.3) is 0 Å². The van der Waals surface area contributed by atoms with Crippen LogP contribution in [0.1, 0.15) is 26.7 Å². The molecule has 0 amide bonds. The molecule has 0 saturated heterocycles. The van der Waals surface area contributed by atoms with Crippen molar-refractivity contribution in [2.75, 3.05) is 13.6 Å². The van der Waals surface area contributed by atoms with Crippen LogP contribution in [0.4, 0.5) is 0 Å². The molecule has 0 spiro atoms. The van der Waals surface area contributed by atoms with Gasteiger partial charge in [-0.2, -0.15) is 4.98 Å². The Morgan fingerprint density at radius 3 is 2.57 bits per heavy atom. The fourth-order valence-corrected chi connectivity index (χ4v) is 2.02. The van der Waals surface area contributed by atoms with Gasteiger partial charge in [-0.1, -0.05) is 16.8 Å². The van der Waals surface area contributed by atoms with Gasteiger partial charge in [0, 0.05) is 36.1 Å². The first-order chi connectivity index (χ1) is 10.9. The molecule has 0 unspecified atom stereocenters. The highest BCUT2D eigenvalue weighted by atomic mass is 35.5. The highest BCUT2D eigenvalue weighted by molar-refractivity contribution is 6.30. The molecule has 0 fully saturated rings. The molecule has 1 heterocycles. The number of halogens is 1. The van der Waals surface area contributed by atoms with E-state index in [0.29, 0.717) is 29.7 Å². The van der Waals surface area contributed by atoms with Crippen molar-refractivity contribution in [3.63, 3.8) is 0 Å². The van der Waals surface area contributed by atoms with Crippen LogP contribution in [-0.2, 0) is 6.42 Å². The van der Waals surface area contributed by atoms with Crippen LogP contribution >= 0.6 is 11.6 Å². The van der Waals surface area contributed by atoms with Crippen molar-refractivity contribution in [2.24, 2.45) is 4.99 Å². The van der Waals surface area contributed by atoms with E-state index >= 15 is 0 Å². The SMILES string of the molecule is CN=C(NCCc1nc(-c2ccc(Cl)cc2)no1)NC(C)(C)C. The first-order valence-electron chi connectivity index (χ1n) is 7.45. The Bertz CT molecular complexity index is 658. The Hall–Kier alpha value is -2.08. The minimum Gasteiger partial charge on any atom is -0.356 e. The van der Waals surface area contributed by atoms with Gasteiger partial charge in [-0.3, -0.25) is 4.99 Å². The van der Waals surface area contributed by atoms with Gasteiger partial charge in [-0.15, -0.1) is 0 Å². The van der Waals surface area contributed by atoms with Gasteiger partial charge in [0.05, 0.1) is 0 Å². The molecule has 1 aromatic heterocycles. The minimum atomic E-state index is -0.0475. The molecular formula is C16H22ClN5O. The van der Waals surface area contributed by atoms with E-state index in [2.05, 4.69) is 46.5 Å². The van der Waals surface area contributed by atoms with Crippen LogP contribution in [0, 0.1) is 0 Å². The third-order valence-corrected chi connectivity index (χ3v) is 3.17. The van der Waals surface area contributed by atoms with Crippen LogP contribution in [0.2, 0.25) is 5.02 Å². The molecule has 2 aromatic rings. The van der Waals surface area contributed by atoms with Gasteiger partial charge < -0.3 is 15.2 Å². The minimum absolute atomic E-state index is 0.0475. The van der Waals surface area contributed by atoms with Crippen molar-refractivity contribution in [2.45, 2.75) is 32.7 Å². The fraction of sp³-hybridized carbons (Fsp3) is 0.438. The van der Waals surface area contributed by atoms with Gasteiger partial charge in [-0.05, 0) is 45.0 Å². The lowest BCUT2D eigenvalue weighted by Crippen LogP contribution is -2.48. The Labute approximate surface area is 141 Å². The van der Waals surface area contributed by atoms with E-state index in [9.17, 15) is 0 Å². The molecule has 1 aromatic carbocycles. The number of hydrogen-bond acceptors (Lipinski definition) is 4. The molecule has 0 aliphatic rings. The summed E-state index contributed by atoms with van der Waals surface area (Å²) in [5.41, 5.74) is 0.830. The number of hydrogen-bond donors (Lipinski definition) is 2. The Morgan fingerprint density at radius 1 is 1.26 bits per heavy atom. The van der Waals surface area contributed by atoms with Crippen LogP contribution in [0.15, 0.2) is 33.8 Å². The average Bonchev–Trinajstić information content (AvgIpc) is 2.94. The van der Waals surface area contributed by atoms with Gasteiger partial charge in [0.2, 0.25) is 11.7 Å². The predicted molar refractivity (Wildman–Crippen MR) is 92.7 cm³/mol. The van der Waals surface area contributed by atoms with E-state index in [1.165, 1.54) is 0 Å². The summed E-state index contributed by atoms with van der Waals surface area (Å²) in [6.07, 6.45) is 0.617. The summed E-state index contributed by atoms with van der Waals surface area (Å²) in [4.78, 5) is 8.57. The van der Waals surface area contributed by atoms with Crippen LogP contribution in [0.25, 0.3) is 11.4 Å². The zero-order valence-corrected chi connectivity index (χ0v) is 14.6. The van der Waals surface area contributed by atoms with Gasteiger partial charge in [-0.25, -0.2) is 0 Å². The number of aromatic nitrogens is 2. The standard InChI is InChI=1S/C16H22ClN5O/c1-16(2,3)21-15(18-4)19-10-9-13-20-14(22-23-13)11-5-7-12(17)8-6-11/h5-8H,9-10H2,1-4H3,(H2,18,19,21). The van der Waals surface area contributed by atoms with Crippen molar-refractivity contribution in [1.29, 1.82) is 0 Å². The Balaban J connectivity index is 1.89. The zero-order valence-electron chi connectivity index (χ0n) is 13.9. The third-order valence-electron chi connectivity index (χ3n) is 2.92. The van der Waals surface area contributed by atoms with E-state index in [1.807, 2.05) is 12.1 Å². The highest BCUT2D eigenvalue weighted by Gasteiger charge is 2.12. The summed E-state index contributed by atoms with van der Waals surface area (Å²) in [5, 5.41) is 11.2.